The van der Waals surface area contributed by atoms with Crippen LogP contribution >= 0.6 is 11.8 Å². The molecule has 0 amide bonds. The highest BCUT2D eigenvalue weighted by molar-refractivity contribution is 8.00. The van der Waals surface area contributed by atoms with Crippen LogP contribution < -0.4 is 14.2 Å². The number of carbonyl (C=O) groups excluding carboxylic acids is 1. The Bertz CT molecular complexity index is 1880. The van der Waals surface area contributed by atoms with Gasteiger partial charge in [0.15, 0.2) is 6.29 Å². The number of aliphatic hydroxyl groups excluding tert-OH is 2. The normalized spacial score (nSPS) is 27.0. The molecule has 0 aromatic heterocycles. The predicted molar refractivity (Wildman–Crippen MR) is 220 cm³/mol. The number of carbonyl (C=O) groups is 1. The number of methoxy groups -OCH3 is 1. The van der Waals surface area contributed by atoms with E-state index in [1.807, 2.05) is 30.3 Å². The van der Waals surface area contributed by atoms with Crippen LogP contribution in [-0.2, 0) is 14.3 Å². The Hall–Kier alpha value is -4.13. The molecule has 7 unspecified atom stereocenters. The van der Waals surface area contributed by atoms with Crippen molar-refractivity contribution in [2.24, 2.45) is 22.9 Å². The van der Waals surface area contributed by atoms with Gasteiger partial charge in [-0.1, -0.05) is 48.3 Å². The summed E-state index contributed by atoms with van der Waals surface area (Å²) in [6.07, 6.45) is 12.8. The van der Waals surface area contributed by atoms with Gasteiger partial charge in [-0.15, -0.1) is 18.3 Å². The number of ether oxygens (including phenoxy) is 5. The maximum atomic E-state index is 11.9. The van der Waals surface area contributed by atoms with Crippen LogP contribution in [0.5, 0.6) is 23.0 Å². The summed E-state index contributed by atoms with van der Waals surface area (Å²) in [6, 6.07) is 21.5. The van der Waals surface area contributed by atoms with Gasteiger partial charge >= 0.3 is 0 Å². The van der Waals surface area contributed by atoms with Crippen LogP contribution in [0.25, 0.3) is 0 Å². The second-order valence-corrected chi connectivity index (χ2v) is 16.5. The molecule has 3 aromatic rings. The first kappa shape index (κ1) is 41.0. The first-order valence-electron chi connectivity index (χ1n) is 20.4. The minimum Gasteiger partial charge on any atom is -0.496 e. The molecule has 1 saturated carbocycles. The van der Waals surface area contributed by atoms with Gasteiger partial charge in [-0.05, 0) is 104 Å². The van der Waals surface area contributed by atoms with Crippen LogP contribution in [0.1, 0.15) is 86.0 Å². The number of benzene rings is 3. The third-order valence-corrected chi connectivity index (χ3v) is 12.9. The zero-order chi connectivity index (χ0) is 39.6. The predicted octanol–water partition coefficient (Wildman–Crippen LogP) is 9.25. The van der Waals surface area contributed by atoms with Gasteiger partial charge in [0, 0.05) is 42.4 Å². The summed E-state index contributed by atoms with van der Waals surface area (Å²) in [5, 5.41) is 24.5. The van der Waals surface area contributed by atoms with Crippen molar-refractivity contribution in [1.29, 1.82) is 0 Å². The Morgan fingerprint density at radius 1 is 0.982 bits per heavy atom. The van der Waals surface area contributed by atoms with E-state index in [9.17, 15) is 15.0 Å². The SMILES string of the molecule is C=CCOC12Oc3ccc(Oc4ccc(OC)c(C=O)c4)cc3C3C(CCCCO)C(CCCCO)C=C(C(=NOC4CCCCO4)CC1Sc1ccccc1)C32. The lowest BCUT2D eigenvalue weighted by Crippen LogP contribution is -2.64. The lowest BCUT2D eigenvalue weighted by atomic mass is 9.56. The van der Waals surface area contributed by atoms with Crippen molar-refractivity contribution >= 4 is 23.8 Å². The number of aliphatic hydroxyl groups is 2. The number of nitrogens with zero attached hydrogens (tertiary/aromatic N) is 1. The number of aldehydes is 1. The molecule has 11 heteroatoms. The summed E-state index contributed by atoms with van der Waals surface area (Å²) in [7, 11) is 1.53. The van der Waals surface area contributed by atoms with Crippen molar-refractivity contribution in [1.82, 2.24) is 0 Å². The summed E-state index contributed by atoms with van der Waals surface area (Å²) < 4.78 is 32.2. The maximum Gasteiger partial charge on any atom is 0.231 e. The minimum atomic E-state index is -1.11. The van der Waals surface area contributed by atoms with E-state index in [-0.39, 0.29) is 48.7 Å². The van der Waals surface area contributed by atoms with E-state index in [1.165, 1.54) is 7.11 Å². The molecule has 2 aliphatic heterocycles. The minimum absolute atomic E-state index is 0.100. The Morgan fingerprint density at radius 3 is 2.51 bits per heavy atom. The average Bonchev–Trinajstić information content (AvgIpc) is 3.24. The van der Waals surface area contributed by atoms with E-state index in [0.717, 1.165) is 78.7 Å². The van der Waals surface area contributed by atoms with Crippen LogP contribution in [-0.4, -0.2) is 73.1 Å². The van der Waals surface area contributed by atoms with Gasteiger partial charge in [0.2, 0.25) is 12.1 Å². The molecule has 0 bridgehead atoms. The number of rotatable bonds is 19. The third-order valence-electron chi connectivity index (χ3n) is 11.6. The van der Waals surface area contributed by atoms with Gasteiger partial charge in [0.25, 0.3) is 0 Å². The summed E-state index contributed by atoms with van der Waals surface area (Å²) in [4.78, 5) is 19.2. The number of hydrogen-bond acceptors (Lipinski definition) is 11. The molecule has 0 spiro atoms. The summed E-state index contributed by atoms with van der Waals surface area (Å²) in [6.45, 7) is 5.24. The molecule has 304 valence electrons. The van der Waals surface area contributed by atoms with E-state index in [2.05, 4.69) is 30.9 Å². The molecule has 1 saturated heterocycles. The molecule has 2 fully saturated rings. The van der Waals surface area contributed by atoms with Crippen LogP contribution in [0.15, 0.2) is 101 Å². The number of fused-ring (bicyclic) bond motifs is 2. The Balaban J connectivity index is 1.40. The quantitative estimate of drug-likeness (QED) is 0.0525. The number of allylic oxidation sites excluding steroid dienone is 1. The molecule has 57 heavy (non-hydrogen) atoms. The monoisotopic (exact) mass is 797 g/mol. The van der Waals surface area contributed by atoms with Gasteiger partial charge in [0.1, 0.15) is 23.0 Å². The van der Waals surface area contributed by atoms with Crippen molar-refractivity contribution in [3.63, 3.8) is 0 Å². The second-order valence-electron chi connectivity index (χ2n) is 15.2. The second kappa shape index (κ2) is 19.5. The van der Waals surface area contributed by atoms with Crippen LogP contribution in [0.2, 0.25) is 0 Å². The molecule has 2 heterocycles. The van der Waals surface area contributed by atoms with Crippen molar-refractivity contribution in [3.8, 4) is 23.0 Å². The number of unbranched alkanes of at least 4 members (excludes halogenated alkanes) is 2. The zero-order valence-electron chi connectivity index (χ0n) is 32.8. The molecular weight excluding hydrogens is 743 g/mol. The molecular formula is C46H55NO9S. The van der Waals surface area contributed by atoms with Crippen LogP contribution in [0.3, 0.4) is 0 Å². The molecule has 7 rings (SSSR count). The van der Waals surface area contributed by atoms with Gasteiger partial charge < -0.3 is 38.7 Å². The summed E-state index contributed by atoms with van der Waals surface area (Å²) >= 11 is 1.73. The number of hydrogen-bond donors (Lipinski definition) is 2. The molecule has 0 radical (unpaired) electrons. The average molecular weight is 798 g/mol. The van der Waals surface area contributed by atoms with Crippen LogP contribution in [0.4, 0.5) is 0 Å². The zero-order valence-corrected chi connectivity index (χ0v) is 33.6. The molecule has 4 aliphatic rings. The number of thioether (sulfide) groups is 1. The lowest BCUT2D eigenvalue weighted by molar-refractivity contribution is -0.223. The maximum absolute atomic E-state index is 11.9. The van der Waals surface area contributed by atoms with Crippen LogP contribution in [0, 0.1) is 17.8 Å². The highest BCUT2D eigenvalue weighted by Crippen LogP contribution is 2.63. The molecule has 7 atom stereocenters. The van der Waals surface area contributed by atoms with Crippen molar-refractivity contribution in [3.05, 3.63) is 102 Å². The summed E-state index contributed by atoms with van der Waals surface area (Å²) in [5.74, 6) is 1.10. The first-order chi connectivity index (χ1) is 28.0. The van der Waals surface area contributed by atoms with Gasteiger partial charge in [-0.2, -0.15) is 0 Å². The Morgan fingerprint density at radius 2 is 1.77 bits per heavy atom. The highest BCUT2D eigenvalue weighted by atomic mass is 32.2. The fraction of sp³-hybridized carbons (Fsp3) is 0.478. The molecule has 10 nitrogen and oxygen atoms in total. The van der Waals surface area contributed by atoms with Crippen molar-refractivity contribution < 1.29 is 43.5 Å². The van der Waals surface area contributed by atoms with Gasteiger partial charge in [-0.3, -0.25) is 4.79 Å². The Labute approximate surface area is 340 Å². The third kappa shape index (κ3) is 9.13. The standard InChI is InChI=1S/C46H55NO9S/c1-3-24-53-46-42(57-35-14-5-4-6-15-35)29-39(47-56-43-17-9-12-25-52-43)37-27-31(13-7-10-22-48)36(16-8-11-23-49)44(45(37)46)38-28-34(19-21-41(38)55-46)54-33-18-20-40(51-2)32(26-33)30-50/h3-6,14-15,18-21,26-28,30-31,36,42-45,48-49H,1,7-13,16-17,22-25,29H2,2H3. The van der Waals surface area contributed by atoms with Crippen molar-refractivity contribution in [2.75, 3.05) is 33.5 Å². The van der Waals surface area contributed by atoms with E-state index in [1.54, 1.807) is 36.0 Å². The molecule has 2 N–H and O–H groups in total. The fourth-order valence-corrected chi connectivity index (χ4v) is 10.4. The highest BCUT2D eigenvalue weighted by Gasteiger charge is 2.64. The van der Waals surface area contributed by atoms with Gasteiger partial charge in [-0.25, -0.2) is 0 Å². The van der Waals surface area contributed by atoms with E-state index in [0.29, 0.717) is 48.7 Å². The Kier molecular flexibility index (Phi) is 14.1. The summed E-state index contributed by atoms with van der Waals surface area (Å²) in [5.41, 5.74) is 3.33. The number of oxime groups is 1. The first-order valence-corrected chi connectivity index (χ1v) is 21.3. The van der Waals surface area contributed by atoms with E-state index >= 15 is 0 Å². The van der Waals surface area contributed by atoms with E-state index in [4.69, 9.17) is 33.7 Å². The largest absolute Gasteiger partial charge is 0.496 e. The van der Waals surface area contributed by atoms with Crippen molar-refractivity contribution in [2.45, 2.75) is 92.3 Å². The fourth-order valence-electron chi connectivity index (χ4n) is 9.07. The van der Waals surface area contributed by atoms with Gasteiger partial charge in [0.05, 0.1) is 42.8 Å². The topological polar surface area (TPSA) is 125 Å². The smallest absolute Gasteiger partial charge is 0.231 e. The lowest BCUT2D eigenvalue weighted by Gasteiger charge is -2.58. The molecule has 2 aliphatic carbocycles. The molecule has 3 aromatic carbocycles. The van der Waals surface area contributed by atoms with E-state index < -0.39 is 12.1 Å².